The van der Waals surface area contributed by atoms with E-state index in [0.717, 1.165) is 0 Å². The Labute approximate surface area is 215 Å². The summed E-state index contributed by atoms with van der Waals surface area (Å²) in [5.74, 6) is -1.38. The molecule has 0 bridgehead atoms. The molecule has 0 atom stereocenters. The minimum absolute atomic E-state index is 0.584. The van der Waals surface area contributed by atoms with Gasteiger partial charge in [-0.15, -0.1) is 0 Å². The van der Waals surface area contributed by atoms with Gasteiger partial charge < -0.3 is 29.3 Å². The van der Waals surface area contributed by atoms with Gasteiger partial charge in [0.05, 0.1) is 23.8 Å². The van der Waals surface area contributed by atoms with Crippen LogP contribution in [0.4, 0.5) is 0 Å². The van der Waals surface area contributed by atoms with Gasteiger partial charge in [-0.25, -0.2) is 0 Å². The number of carbonyl (C=O) groups excluding carboxylic acids is 2. The molecular weight excluding hydrogens is 475 g/mol. The van der Waals surface area contributed by atoms with Gasteiger partial charge in [-0.3, -0.25) is 0 Å². The second-order valence-electron chi connectivity index (χ2n) is 7.86. The third-order valence-electron chi connectivity index (χ3n) is 5.83. The van der Waals surface area contributed by atoms with Crippen molar-refractivity contribution in [2.24, 2.45) is 0 Å². The van der Waals surface area contributed by atoms with E-state index in [1.165, 1.54) is 16.6 Å². The van der Waals surface area contributed by atoms with Crippen LogP contribution in [0.25, 0.3) is 0 Å². The van der Waals surface area contributed by atoms with Crippen molar-refractivity contribution in [3.8, 4) is 23.0 Å². The molecule has 7 nitrogen and oxygen atoms in total. The van der Waals surface area contributed by atoms with Gasteiger partial charge in [-0.2, -0.15) is 0 Å². The van der Waals surface area contributed by atoms with Crippen LogP contribution >= 0.6 is 0 Å². The van der Waals surface area contributed by atoms with Crippen LogP contribution in [0.15, 0.2) is 97.1 Å². The number of carboxylic acid groups (broad SMARTS) is 2. The average Bonchev–Trinajstić information content (AvgIpc) is 2.91. The number of fused-ring (bicyclic) bond motifs is 4. The first kappa shape index (κ1) is 25.0. The van der Waals surface area contributed by atoms with Crippen molar-refractivity contribution in [3.63, 3.8) is 0 Å². The van der Waals surface area contributed by atoms with Gasteiger partial charge in [0.2, 0.25) is 0 Å². The molecule has 4 aromatic carbocycles. The standard InChI is InChI=1S/2C14H10O3.Al.H2O/c2*15-14(16)13-9-5-1-3-7-11(9)17-12-8-4-2-6-10(12)13;;/h2*1-8,13H,(H,15,16);;1H2/q;;+3;/p-3. The monoisotopic (exact) mass is 494 g/mol. The normalized spacial score (nSPS) is 12.9. The third kappa shape index (κ3) is 4.84. The Morgan fingerprint density at radius 1 is 0.528 bits per heavy atom. The summed E-state index contributed by atoms with van der Waals surface area (Å²) >= 11 is 1.42. The number of aliphatic carboxylic acids is 2. The maximum absolute atomic E-state index is 11.3. The molecule has 0 saturated heterocycles. The third-order valence-corrected chi connectivity index (χ3v) is 5.83. The van der Waals surface area contributed by atoms with Gasteiger partial charge in [-0.05, 0) is 24.3 Å². The Morgan fingerprint density at radius 3 is 0.972 bits per heavy atom. The molecule has 0 saturated carbocycles. The van der Waals surface area contributed by atoms with Gasteiger partial charge in [0.25, 0.3) is 0 Å². The summed E-state index contributed by atoms with van der Waals surface area (Å²) in [5.41, 5.74) is 2.58. The van der Waals surface area contributed by atoms with E-state index in [1.807, 2.05) is 24.3 Å². The number of hydrogen-bond acceptors (Lipinski definition) is 7. The SMILES string of the molecule is O=C([O-])C1c2ccccc2Oc2ccccc21.O=C([O-])C1c2ccccc2Oc2ccccc21.[OH][Al+2]. The van der Waals surface area contributed by atoms with Crippen molar-refractivity contribution in [3.05, 3.63) is 119 Å². The average molecular weight is 494 g/mol. The second kappa shape index (κ2) is 11.1. The second-order valence-corrected chi connectivity index (χ2v) is 7.86. The van der Waals surface area contributed by atoms with Gasteiger partial charge >= 0.3 is 20.8 Å². The van der Waals surface area contributed by atoms with Gasteiger partial charge in [0, 0.05) is 22.3 Å². The van der Waals surface area contributed by atoms with Crippen LogP contribution in [0.1, 0.15) is 34.1 Å². The van der Waals surface area contributed by atoms with E-state index in [2.05, 4.69) is 0 Å². The molecule has 6 rings (SSSR count). The van der Waals surface area contributed by atoms with E-state index in [0.29, 0.717) is 45.3 Å². The molecule has 2 aliphatic rings. The van der Waals surface area contributed by atoms with Crippen LogP contribution in [0.2, 0.25) is 0 Å². The zero-order valence-corrected chi connectivity index (χ0v) is 20.0. The van der Waals surface area contributed by atoms with Crippen LogP contribution in [-0.2, 0) is 9.59 Å². The number of para-hydroxylation sites is 4. The number of benzene rings is 4. The topological polar surface area (TPSA) is 119 Å². The zero-order chi connectivity index (χ0) is 25.7. The first-order valence-corrected chi connectivity index (χ1v) is 11.4. The fourth-order valence-corrected chi connectivity index (χ4v) is 4.33. The minimum atomic E-state index is -1.10. The molecule has 36 heavy (non-hydrogen) atoms. The van der Waals surface area contributed by atoms with Crippen LogP contribution in [0, 0.1) is 0 Å². The Morgan fingerprint density at radius 2 is 0.750 bits per heavy atom. The molecule has 0 fully saturated rings. The molecule has 8 heteroatoms. The number of carbonyl (C=O) groups is 2. The summed E-state index contributed by atoms with van der Waals surface area (Å²) in [4.78, 5) is 22.6. The maximum atomic E-state index is 11.3. The van der Waals surface area contributed by atoms with E-state index in [4.69, 9.17) is 13.6 Å². The summed E-state index contributed by atoms with van der Waals surface area (Å²) in [5, 5.41) is 22.6. The van der Waals surface area contributed by atoms with Crippen LogP contribution in [-0.4, -0.2) is 32.7 Å². The molecule has 2 aliphatic heterocycles. The quantitative estimate of drug-likeness (QED) is 0.425. The van der Waals surface area contributed by atoms with Gasteiger partial charge in [0.15, 0.2) is 0 Å². The molecule has 4 aromatic rings. The molecule has 0 aromatic heterocycles. The zero-order valence-electron chi connectivity index (χ0n) is 18.9. The van der Waals surface area contributed by atoms with E-state index in [9.17, 15) is 19.8 Å². The fraction of sp³-hybridized carbons (Fsp3) is 0.0714. The van der Waals surface area contributed by atoms with E-state index >= 15 is 0 Å². The molecule has 0 amide bonds. The molecular formula is C28H19AlO7. The van der Waals surface area contributed by atoms with Crippen molar-refractivity contribution < 1.29 is 33.4 Å². The van der Waals surface area contributed by atoms with Crippen LogP contribution in [0.5, 0.6) is 23.0 Å². The molecule has 2 heterocycles. The summed E-state index contributed by atoms with van der Waals surface area (Å²) in [7, 11) is 0. The predicted octanol–water partition coefficient (Wildman–Crippen LogP) is 2.41. The summed E-state index contributed by atoms with van der Waals surface area (Å²) in [6, 6.07) is 28.5. The van der Waals surface area contributed by atoms with Crippen molar-refractivity contribution in [2.45, 2.75) is 11.8 Å². The summed E-state index contributed by atoms with van der Waals surface area (Å²) in [6.07, 6.45) is 0. The van der Waals surface area contributed by atoms with Crippen molar-refractivity contribution >= 4 is 28.6 Å². The molecule has 0 aliphatic carbocycles. The fourth-order valence-electron chi connectivity index (χ4n) is 4.33. The van der Waals surface area contributed by atoms with Crippen molar-refractivity contribution in [1.29, 1.82) is 0 Å². The van der Waals surface area contributed by atoms with E-state index in [-0.39, 0.29) is 0 Å². The van der Waals surface area contributed by atoms with E-state index in [1.54, 1.807) is 72.8 Å². The van der Waals surface area contributed by atoms with Crippen molar-refractivity contribution in [1.82, 2.24) is 0 Å². The number of ether oxygens (including phenoxy) is 2. The number of carboxylic acids is 2. The van der Waals surface area contributed by atoms with Crippen molar-refractivity contribution in [2.75, 3.05) is 0 Å². The van der Waals surface area contributed by atoms with Gasteiger partial charge in [0.1, 0.15) is 23.0 Å². The molecule has 0 spiro atoms. The summed E-state index contributed by atoms with van der Waals surface area (Å²) in [6.45, 7) is 0. The first-order chi connectivity index (χ1) is 17.5. The van der Waals surface area contributed by atoms with Gasteiger partial charge in [-0.1, -0.05) is 72.8 Å². The molecule has 0 radical (unpaired) electrons. The number of rotatable bonds is 2. The Hall–Kier alpha value is -4.09. The Bertz CT molecular complexity index is 1200. The molecule has 0 unspecified atom stereocenters. The van der Waals surface area contributed by atoms with E-state index < -0.39 is 23.8 Å². The van der Waals surface area contributed by atoms with Crippen LogP contribution in [0.3, 0.4) is 0 Å². The first-order valence-electron chi connectivity index (χ1n) is 10.9. The predicted molar refractivity (Wildman–Crippen MR) is 128 cm³/mol. The summed E-state index contributed by atoms with van der Waals surface area (Å²) < 4.78 is 18.3. The Kier molecular flexibility index (Phi) is 7.72. The Balaban J connectivity index is 0.000000158. The number of hydrogen-bond donors (Lipinski definition) is 1. The van der Waals surface area contributed by atoms with Crippen LogP contribution < -0.4 is 19.7 Å². The molecule has 176 valence electrons. The molecule has 1 N–H and O–H groups in total.